The van der Waals surface area contributed by atoms with E-state index in [-0.39, 0.29) is 23.9 Å². The zero-order valence-electron chi connectivity index (χ0n) is 14.7. The van der Waals surface area contributed by atoms with Crippen LogP contribution in [0.5, 0.6) is 11.8 Å². The number of hydrogen-bond acceptors (Lipinski definition) is 8. The lowest BCUT2D eigenvalue weighted by Crippen LogP contribution is -1.98. The van der Waals surface area contributed by atoms with Crippen molar-refractivity contribution in [1.82, 2.24) is 19.9 Å². The van der Waals surface area contributed by atoms with Crippen molar-refractivity contribution in [2.24, 2.45) is 0 Å². The predicted molar refractivity (Wildman–Crippen MR) is 101 cm³/mol. The summed E-state index contributed by atoms with van der Waals surface area (Å²) in [6, 6.07) is 2.61. The molecule has 3 aromatic heterocycles. The third-order valence-electron chi connectivity index (χ3n) is 3.82. The van der Waals surface area contributed by atoms with Crippen molar-refractivity contribution in [3.8, 4) is 32.9 Å². The van der Waals surface area contributed by atoms with Gasteiger partial charge in [-0.15, -0.1) is 22.7 Å². The lowest BCUT2D eigenvalue weighted by atomic mass is 10.1. The molecule has 1 N–H and O–H groups in total. The van der Waals surface area contributed by atoms with E-state index in [2.05, 4.69) is 19.9 Å². The van der Waals surface area contributed by atoms with Gasteiger partial charge >= 0.3 is 6.01 Å². The van der Waals surface area contributed by atoms with Crippen molar-refractivity contribution in [2.45, 2.75) is 13.5 Å². The highest BCUT2D eigenvalue weighted by Gasteiger charge is 2.22. The molecule has 3 heterocycles. The highest BCUT2D eigenvalue weighted by molar-refractivity contribution is 7.21. The van der Waals surface area contributed by atoms with Crippen LogP contribution < -0.4 is 4.74 Å². The van der Waals surface area contributed by atoms with Crippen LogP contribution in [0.1, 0.15) is 10.7 Å². The Morgan fingerprint density at radius 3 is 2.62 bits per heavy atom. The van der Waals surface area contributed by atoms with Crippen molar-refractivity contribution in [1.29, 1.82) is 0 Å². The van der Waals surface area contributed by atoms with Crippen molar-refractivity contribution in [2.75, 3.05) is 0 Å². The van der Waals surface area contributed by atoms with E-state index in [9.17, 15) is 18.3 Å². The Labute approximate surface area is 170 Å². The average molecular weight is 436 g/mol. The molecule has 0 aliphatic heterocycles. The summed E-state index contributed by atoms with van der Waals surface area (Å²) in [7, 11) is 0. The molecule has 0 unspecified atom stereocenters. The molecule has 0 aliphatic carbocycles. The molecule has 0 saturated heterocycles. The van der Waals surface area contributed by atoms with Gasteiger partial charge in [0.05, 0.1) is 16.3 Å². The zero-order chi connectivity index (χ0) is 20.5. The van der Waals surface area contributed by atoms with E-state index in [0.717, 1.165) is 4.88 Å². The summed E-state index contributed by atoms with van der Waals surface area (Å²) >= 11 is 2.51. The molecule has 0 spiro atoms. The highest BCUT2D eigenvalue weighted by atomic mass is 32.1. The third-order valence-corrected chi connectivity index (χ3v) is 5.94. The Bertz CT molecular complexity index is 1180. The van der Waals surface area contributed by atoms with Crippen LogP contribution in [0.2, 0.25) is 0 Å². The molecular weight excluding hydrogens is 425 g/mol. The summed E-state index contributed by atoms with van der Waals surface area (Å²) in [5.41, 5.74) is 0.378. The minimum atomic E-state index is -1.65. The van der Waals surface area contributed by atoms with Gasteiger partial charge in [0.1, 0.15) is 16.6 Å². The van der Waals surface area contributed by atoms with Crippen LogP contribution in [-0.2, 0) is 6.61 Å². The fourth-order valence-electron chi connectivity index (χ4n) is 2.47. The molecule has 0 amide bonds. The third kappa shape index (κ3) is 3.78. The number of rotatable bonds is 5. The van der Waals surface area contributed by atoms with Crippen LogP contribution in [0.25, 0.3) is 21.1 Å². The van der Waals surface area contributed by atoms with Gasteiger partial charge in [0.2, 0.25) is 5.82 Å². The summed E-state index contributed by atoms with van der Waals surface area (Å²) < 4.78 is 46.8. The molecule has 0 bridgehead atoms. The number of halogens is 3. The number of phenols is 1. The quantitative estimate of drug-likeness (QED) is 0.456. The molecule has 0 radical (unpaired) electrons. The number of aryl methyl sites for hydroxylation is 1. The molecule has 4 rings (SSSR count). The number of aromatic hydroxyl groups is 1. The number of phenolic OH excluding ortho intramolecular Hbond substituents is 1. The Balaban J connectivity index is 1.60. The van der Waals surface area contributed by atoms with Gasteiger partial charge in [0, 0.05) is 23.3 Å². The molecule has 6 nitrogen and oxygen atoms in total. The van der Waals surface area contributed by atoms with E-state index in [1.165, 1.54) is 28.1 Å². The summed E-state index contributed by atoms with van der Waals surface area (Å²) in [5.74, 6) is -5.62. The van der Waals surface area contributed by atoms with Gasteiger partial charge in [-0.05, 0) is 19.1 Å². The summed E-state index contributed by atoms with van der Waals surface area (Å²) in [4.78, 5) is 17.4. The van der Waals surface area contributed by atoms with Gasteiger partial charge in [0.15, 0.2) is 17.4 Å². The standard InChI is InChI=1S/C18H11F3N4O2S2/c1-8-16(29-12(24-8)6-27-18-22-3-2-4-23-18)17-25-11(7-28-17)9-5-10(19)15(26)14(21)13(9)20/h2-5,7,26H,6H2,1H3. The Kier molecular flexibility index (Phi) is 5.16. The Morgan fingerprint density at radius 2 is 1.86 bits per heavy atom. The lowest BCUT2D eigenvalue weighted by molar-refractivity contribution is 0.280. The summed E-state index contributed by atoms with van der Waals surface area (Å²) in [6.45, 7) is 1.95. The molecule has 0 saturated carbocycles. The fourth-order valence-corrected chi connectivity index (χ4v) is 4.41. The second-order valence-electron chi connectivity index (χ2n) is 5.76. The fraction of sp³-hybridized carbons (Fsp3) is 0.111. The molecule has 4 aromatic rings. The maximum Gasteiger partial charge on any atom is 0.316 e. The molecule has 11 heteroatoms. The second kappa shape index (κ2) is 7.76. The summed E-state index contributed by atoms with van der Waals surface area (Å²) in [6.07, 6.45) is 3.12. The van der Waals surface area contributed by atoms with Crippen LogP contribution in [-0.4, -0.2) is 25.0 Å². The van der Waals surface area contributed by atoms with Crippen molar-refractivity contribution in [3.63, 3.8) is 0 Å². The normalized spacial score (nSPS) is 11.0. The number of hydrogen-bond donors (Lipinski definition) is 1. The summed E-state index contributed by atoms with van der Waals surface area (Å²) in [5, 5.41) is 11.8. The molecule has 0 atom stereocenters. The molecule has 29 heavy (non-hydrogen) atoms. The van der Waals surface area contributed by atoms with E-state index in [0.29, 0.717) is 21.8 Å². The van der Waals surface area contributed by atoms with Crippen LogP contribution >= 0.6 is 22.7 Å². The van der Waals surface area contributed by atoms with Crippen molar-refractivity contribution < 1.29 is 23.0 Å². The number of aromatic nitrogens is 4. The maximum atomic E-state index is 14.1. The van der Waals surface area contributed by atoms with Crippen LogP contribution in [0.4, 0.5) is 13.2 Å². The van der Waals surface area contributed by atoms with E-state index in [1.54, 1.807) is 25.4 Å². The minimum absolute atomic E-state index is 0.0589. The first-order chi connectivity index (χ1) is 13.9. The largest absolute Gasteiger partial charge is 0.503 e. The molecule has 1 aromatic carbocycles. The first-order valence-electron chi connectivity index (χ1n) is 8.13. The molecule has 148 valence electrons. The topological polar surface area (TPSA) is 81.0 Å². The Morgan fingerprint density at radius 1 is 1.10 bits per heavy atom. The van der Waals surface area contributed by atoms with Gasteiger partial charge in [-0.1, -0.05) is 0 Å². The van der Waals surface area contributed by atoms with Gasteiger partial charge in [-0.3, -0.25) is 0 Å². The van der Waals surface area contributed by atoms with Crippen LogP contribution in [0.15, 0.2) is 29.9 Å². The maximum absolute atomic E-state index is 14.1. The highest BCUT2D eigenvalue weighted by Crippen LogP contribution is 2.37. The van der Waals surface area contributed by atoms with E-state index in [1.807, 2.05) is 0 Å². The van der Waals surface area contributed by atoms with Crippen LogP contribution in [0, 0.1) is 24.4 Å². The first-order valence-corrected chi connectivity index (χ1v) is 9.82. The van der Waals surface area contributed by atoms with E-state index < -0.39 is 23.2 Å². The van der Waals surface area contributed by atoms with Crippen molar-refractivity contribution >= 4 is 22.7 Å². The van der Waals surface area contributed by atoms with Crippen LogP contribution in [0.3, 0.4) is 0 Å². The number of ether oxygens (including phenoxy) is 1. The van der Waals surface area contributed by atoms with Gasteiger partial charge in [0.25, 0.3) is 0 Å². The molecular formula is C18H11F3N4O2S2. The van der Waals surface area contributed by atoms with E-state index in [4.69, 9.17) is 4.74 Å². The smallest absolute Gasteiger partial charge is 0.316 e. The average Bonchev–Trinajstić information content (AvgIpc) is 3.35. The zero-order valence-corrected chi connectivity index (χ0v) is 16.3. The number of benzene rings is 1. The minimum Gasteiger partial charge on any atom is -0.503 e. The molecule has 0 aliphatic rings. The number of nitrogens with zero attached hydrogens (tertiary/aromatic N) is 4. The Hall–Kier alpha value is -3.05. The second-order valence-corrected chi connectivity index (χ2v) is 7.70. The van der Waals surface area contributed by atoms with Gasteiger partial charge in [-0.2, -0.15) is 4.39 Å². The van der Waals surface area contributed by atoms with Crippen molar-refractivity contribution in [3.05, 3.63) is 58.1 Å². The molecule has 0 fully saturated rings. The van der Waals surface area contributed by atoms with Gasteiger partial charge in [-0.25, -0.2) is 28.7 Å². The predicted octanol–water partition coefficient (Wildman–Crippen LogP) is 4.73. The first kappa shape index (κ1) is 19.3. The SMILES string of the molecule is Cc1nc(COc2ncccn2)sc1-c1nc(-c2cc(F)c(O)c(F)c2F)cs1. The lowest BCUT2D eigenvalue weighted by Gasteiger charge is -2.04. The van der Waals surface area contributed by atoms with Gasteiger partial charge < -0.3 is 9.84 Å². The monoisotopic (exact) mass is 436 g/mol. The number of thiazole rings is 2. The van der Waals surface area contributed by atoms with E-state index >= 15 is 0 Å².